The molecule has 0 spiro atoms. The molecule has 7 heteroatoms. The van der Waals surface area contributed by atoms with E-state index in [0.29, 0.717) is 17.3 Å². The van der Waals surface area contributed by atoms with Crippen molar-refractivity contribution in [3.8, 4) is 0 Å². The molecular formula is C34H57IO6. The highest BCUT2D eigenvalue weighted by atomic mass is 127. The number of hydrogen-bond donors (Lipinski definition) is 4. The largest absolute Gasteiger partial charge is 0.394 e. The van der Waals surface area contributed by atoms with Crippen molar-refractivity contribution >= 4 is 22.6 Å². The van der Waals surface area contributed by atoms with Crippen molar-refractivity contribution in [2.75, 3.05) is 6.61 Å². The lowest BCUT2D eigenvalue weighted by Crippen LogP contribution is -2.60. The molecule has 0 bridgehead atoms. The van der Waals surface area contributed by atoms with Crippen LogP contribution < -0.4 is 0 Å². The minimum atomic E-state index is -1.40. The topological polar surface area (TPSA) is 99.4 Å². The van der Waals surface area contributed by atoms with Crippen LogP contribution >= 0.6 is 22.6 Å². The fraction of sp³-hybridized carbons (Fsp3) is 0.941. The van der Waals surface area contributed by atoms with Crippen molar-refractivity contribution in [3.63, 3.8) is 0 Å². The summed E-state index contributed by atoms with van der Waals surface area (Å²) in [5.41, 5.74) is 2.45. The summed E-state index contributed by atoms with van der Waals surface area (Å²) in [6, 6.07) is 0. The highest BCUT2D eigenvalue weighted by Gasteiger charge is 2.59. The van der Waals surface area contributed by atoms with Crippen molar-refractivity contribution in [3.05, 3.63) is 11.6 Å². The zero-order chi connectivity index (χ0) is 29.9. The van der Waals surface area contributed by atoms with E-state index in [1.54, 1.807) is 5.57 Å². The van der Waals surface area contributed by atoms with E-state index in [0.717, 1.165) is 46.9 Å². The standard InChI is InChI=1S/C34H57IO6/c1-18(2)26(35)12-7-19(3)22-10-11-24-21-8-9-23-20(4)27(14-16-34(23,6)25(21)13-15-33(22,24)5)40-32-31(39)30(38)29(37)28(17-36)41-32/h8,18-20,22-32,36-39H,7,9-17H2,1-6H3. The fourth-order valence-electron chi connectivity index (χ4n) is 10.4. The lowest BCUT2D eigenvalue weighted by atomic mass is 9.46. The first-order chi connectivity index (χ1) is 19.3. The summed E-state index contributed by atoms with van der Waals surface area (Å²) < 4.78 is 12.8. The number of allylic oxidation sites excluding steroid dienone is 2. The molecule has 0 amide bonds. The zero-order valence-electron chi connectivity index (χ0n) is 26.2. The normalized spacial score (nSPS) is 49.6. The maximum absolute atomic E-state index is 10.6. The highest BCUT2D eigenvalue weighted by molar-refractivity contribution is 14.1. The first-order valence-corrected chi connectivity index (χ1v) is 17.9. The molecule has 236 valence electrons. The van der Waals surface area contributed by atoms with Gasteiger partial charge in [-0.2, -0.15) is 0 Å². The van der Waals surface area contributed by atoms with Crippen LogP contribution in [0.1, 0.15) is 99.3 Å². The van der Waals surface area contributed by atoms with Crippen LogP contribution in [0, 0.1) is 52.3 Å². The second-order valence-electron chi connectivity index (χ2n) is 15.5. The Morgan fingerprint density at radius 2 is 1.63 bits per heavy atom. The molecule has 15 atom stereocenters. The molecule has 6 nitrogen and oxygen atoms in total. The van der Waals surface area contributed by atoms with E-state index in [9.17, 15) is 20.4 Å². The maximum atomic E-state index is 10.6. The molecule has 0 aromatic heterocycles. The number of aliphatic hydroxyl groups is 4. The van der Waals surface area contributed by atoms with Gasteiger partial charge in [0.05, 0.1) is 12.7 Å². The Morgan fingerprint density at radius 3 is 2.32 bits per heavy atom. The molecule has 15 unspecified atom stereocenters. The van der Waals surface area contributed by atoms with Crippen LogP contribution in [0.2, 0.25) is 0 Å². The van der Waals surface area contributed by atoms with Gasteiger partial charge in [-0.1, -0.05) is 75.8 Å². The lowest BCUT2D eigenvalue weighted by molar-refractivity contribution is -0.320. The SMILES string of the molecule is CC(C)C(I)CCC(C)C1CCC2C3=CCC4C(C)C(OC5OC(CO)C(O)C(O)C5O)CCC4(C)C3CCC21C. The zero-order valence-corrected chi connectivity index (χ0v) is 28.4. The van der Waals surface area contributed by atoms with Gasteiger partial charge in [-0.05, 0) is 110 Å². The second kappa shape index (κ2) is 12.6. The number of aliphatic hydroxyl groups excluding tert-OH is 4. The summed E-state index contributed by atoms with van der Waals surface area (Å²) >= 11 is 2.67. The molecule has 0 radical (unpaired) electrons. The van der Waals surface area contributed by atoms with Gasteiger partial charge in [0, 0.05) is 3.92 Å². The third-order valence-corrected chi connectivity index (χ3v) is 15.2. The van der Waals surface area contributed by atoms with Gasteiger partial charge in [-0.3, -0.25) is 0 Å². The molecule has 0 aromatic carbocycles. The Kier molecular flexibility index (Phi) is 9.99. The monoisotopic (exact) mass is 688 g/mol. The Hall–Kier alpha value is 0.230. The van der Waals surface area contributed by atoms with Crippen LogP contribution in [0.3, 0.4) is 0 Å². The highest BCUT2D eigenvalue weighted by Crippen LogP contribution is 2.67. The molecule has 4 aliphatic carbocycles. The van der Waals surface area contributed by atoms with Gasteiger partial charge in [0.25, 0.3) is 0 Å². The smallest absolute Gasteiger partial charge is 0.186 e. The molecule has 5 rings (SSSR count). The van der Waals surface area contributed by atoms with Crippen molar-refractivity contribution in [2.45, 2.75) is 140 Å². The van der Waals surface area contributed by atoms with E-state index in [2.05, 4.69) is 70.2 Å². The van der Waals surface area contributed by atoms with Gasteiger partial charge in [0.15, 0.2) is 6.29 Å². The van der Waals surface area contributed by atoms with Crippen molar-refractivity contribution in [1.29, 1.82) is 0 Å². The Balaban J connectivity index is 1.27. The van der Waals surface area contributed by atoms with E-state index < -0.39 is 37.3 Å². The number of alkyl halides is 1. The van der Waals surface area contributed by atoms with Gasteiger partial charge in [-0.15, -0.1) is 0 Å². The average molecular weight is 689 g/mol. The van der Waals surface area contributed by atoms with Crippen LogP contribution in [-0.2, 0) is 9.47 Å². The van der Waals surface area contributed by atoms with Gasteiger partial charge in [-0.25, -0.2) is 0 Å². The van der Waals surface area contributed by atoms with Gasteiger partial charge >= 0.3 is 0 Å². The first-order valence-electron chi connectivity index (χ1n) is 16.6. The molecule has 1 heterocycles. The Labute approximate surface area is 262 Å². The molecule has 0 aromatic rings. The van der Waals surface area contributed by atoms with Crippen LogP contribution in [0.5, 0.6) is 0 Å². The molecule has 5 aliphatic rings. The van der Waals surface area contributed by atoms with Crippen molar-refractivity contribution < 1.29 is 29.9 Å². The summed E-state index contributed by atoms with van der Waals surface area (Å²) in [6.07, 6.45) is 7.58. The molecule has 4 fully saturated rings. The van der Waals surface area contributed by atoms with E-state index in [1.165, 1.54) is 38.5 Å². The molecule has 4 N–H and O–H groups in total. The molecular weight excluding hydrogens is 631 g/mol. The summed E-state index contributed by atoms with van der Waals surface area (Å²) in [5, 5.41) is 40.6. The Morgan fingerprint density at radius 1 is 0.951 bits per heavy atom. The quantitative estimate of drug-likeness (QED) is 0.145. The predicted octanol–water partition coefficient (Wildman–Crippen LogP) is 5.87. The third kappa shape index (κ3) is 5.74. The second-order valence-corrected chi connectivity index (χ2v) is 17.1. The number of ether oxygens (including phenoxy) is 2. The molecule has 3 saturated carbocycles. The van der Waals surface area contributed by atoms with Gasteiger partial charge < -0.3 is 29.9 Å². The van der Waals surface area contributed by atoms with Crippen LogP contribution in [0.4, 0.5) is 0 Å². The summed E-state index contributed by atoms with van der Waals surface area (Å²) in [6.45, 7) is 14.3. The maximum Gasteiger partial charge on any atom is 0.186 e. The van der Waals surface area contributed by atoms with Gasteiger partial charge in [0.2, 0.25) is 0 Å². The van der Waals surface area contributed by atoms with E-state index in [-0.39, 0.29) is 17.4 Å². The predicted molar refractivity (Wildman–Crippen MR) is 169 cm³/mol. The summed E-state index contributed by atoms with van der Waals surface area (Å²) in [5.74, 6) is 4.53. The van der Waals surface area contributed by atoms with Crippen molar-refractivity contribution in [1.82, 2.24) is 0 Å². The number of hydrogen-bond acceptors (Lipinski definition) is 6. The lowest BCUT2D eigenvalue weighted by Gasteiger charge is -2.60. The fourth-order valence-corrected chi connectivity index (χ4v) is 10.8. The van der Waals surface area contributed by atoms with Crippen LogP contribution in [0.15, 0.2) is 11.6 Å². The molecule has 41 heavy (non-hydrogen) atoms. The first kappa shape index (κ1) is 32.6. The average Bonchev–Trinajstić information content (AvgIpc) is 3.30. The van der Waals surface area contributed by atoms with E-state index in [4.69, 9.17) is 9.47 Å². The summed E-state index contributed by atoms with van der Waals surface area (Å²) in [7, 11) is 0. The minimum Gasteiger partial charge on any atom is -0.394 e. The summed E-state index contributed by atoms with van der Waals surface area (Å²) in [4.78, 5) is 0. The number of fused-ring (bicyclic) bond motifs is 5. The van der Waals surface area contributed by atoms with Crippen LogP contribution in [-0.4, -0.2) is 67.8 Å². The minimum absolute atomic E-state index is 0.0948. The number of rotatable bonds is 8. The Bertz CT molecular complexity index is 940. The molecule has 1 saturated heterocycles. The van der Waals surface area contributed by atoms with E-state index >= 15 is 0 Å². The van der Waals surface area contributed by atoms with Crippen molar-refractivity contribution in [2.24, 2.45) is 52.3 Å². The number of halogens is 1. The molecule has 1 aliphatic heterocycles. The van der Waals surface area contributed by atoms with Gasteiger partial charge in [0.1, 0.15) is 24.4 Å². The van der Waals surface area contributed by atoms with E-state index in [1.807, 2.05) is 0 Å². The van der Waals surface area contributed by atoms with Crippen LogP contribution in [0.25, 0.3) is 0 Å². The third-order valence-electron chi connectivity index (χ3n) is 13.1.